The minimum atomic E-state index is -0.121. The molecule has 3 aromatic rings. The van der Waals surface area contributed by atoms with Crippen LogP contribution in [0.5, 0.6) is 5.75 Å². The molecule has 0 spiro atoms. The largest absolute Gasteiger partial charge is 0.489 e. The van der Waals surface area contributed by atoms with Crippen LogP contribution in [0.15, 0.2) is 54.2 Å². The third-order valence-corrected chi connectivity index (χ3v) is 4.53. The summed E-state index contributed by atoms with van der Waals surface area (Å²) in [6.45, 7) is 4.51. The number of hydrogen-bond donors (Lipinski definition) is 1. The number of ether oxygens (including phenoxy) is 1. The molecule has 122 valence electrons. The van der Waals surface area contributed by atoms with Crippen molar-refractivity contribution in [2.24, 2.45) is 0 Å². The fourth-order valence-corrected chi connectivity index (χ4v) is 3.01. The first-order valence-corrected chi connectivity index (χ1v) is 8.48. The molecule has 1 aromatic carbocycles. The molecular formula is C19H18N2O2S. The Labute approximate surface area is 145 Å². The van der Waals surface area contributed by atoms with Crippen LogP contribution in [0.4, 0.5) is 5.69 Å². The Morgan fingerprint density at radius 3 is 2.75 bits per heavy atom. The van der Waals surface area contributed by atoms with Crippen molar-refractivity contribution in [1.29, 1.82) is 0 Å². The first-order valence-electron chi connectivity index (χ1n) is 7.60. The van der Waals surface area contributed by atoms with Gasteiger partial charge in [0.2, 0.25) is 0 Å². The highest BCUT2D eigenvalue weighted by Crippen LogP contribution is 2.22. The van der Waals surface area contributed by atoms with E-state index in [0.717, 1.165) is 22.6 Å². The Morgan fingerprint density at radius 2 is 1.96 bits per heavy atom. The molecule has 0 bridgehead atoms. The van der Waals surface area contributed by atoms with E-state index in [1.165, 1.54) is 16.9 Å². The van der Waals surface area contributed by atoms with Crippen LogP contribution in [0, 0.1) is 13.8 Å². The number of carbonyl (C=O) groups is 1. The average molecular weight is 338 g/mol. The lowest BCUT2D eigenvalue weighted by Gasteiger charge is -2.08. The van der Waals surface area contributed by atoms with Gasteiger partial charge in [-0.3, -0.25) is 9.78 Å². The van der Waals surface area contributed by atoms with Gasteiger partial charge in [0.05, 0.1) is 4.88 Å². The molecule has 24 heavy (non-hydrogen) atoms. The van der Waals surface area contributed by atoms with Crippen molar-refractivity contribution < 1.29 is 9.53 Å². The second-order valence-corrected chi connectivity index (χ2v) is 6.48. The summed E-state index contributed by atoms with van der Waals surface area (Å²) in [6, 6.07) is 11.5. The minimum absolute atomic E-state index is 0.121. The van der Waals surface area contributed by atoms with Crippen LogP contribution in [0.3, 0.4) is 0 Å². The average Bonchev–Trinajstić information content (AvgIpc) is 3.06. The van der Waals surface area contributed by atoms with Gasteiger partial charge in [0.1, 0.15) is 12.4 Å². The zero-order valence-electron chi connectivity index (χ0n) is 13.6. The predicted octanol–water partition coefficient (Wildman–Crippen LogP) is 4.59. The van der Waals surface area contributed by atoms with Crippen LogP contribution >= 0.6 is 11.3 Å². The smallest absolute Gasteiger partial charge is 0.265 e. The quantitative estimate of drug-likeness (QED) is 0.740. The normalized spacial score (nSPS) is 10.4. The van der Waals surface area contributed by atoms with E-state index < -0.39 is 0 Å². The molecule has 0 aliphatic rings. The second-order valence-electron chi connectivity index (χ2n) is 5.57. The summed E-state index contributed by atoms with van der Waals surface area (Å²) in [5.41, 5.74) is 3.99. The van der Waals surface area contributed by atoms with Crippen LogP contribution < -0.4 is 10.1 Å². The number of thiophene rings is 1. The van der Waals surface area contributed by atoms with Crippen LogP contribution in [0.2, 0.25) is 0 Å². The van der Waals surface area contributed by atoms with Crippen molar-refractivity contribution in [3.8, 4) is 5.75 Å². The number of nitrogens with zero attached hydrogens (tertiary/aromatic N) is 1. The summed E-state index contributed by atoms with van der Waals surface area (Å²) < 4.78 is 5.88. The Bertz CT molecular complexity index is 844. The number of amides is 1. The summed E-state index contributed by atoms with van der Waals surface area (Å²) in [5, 5.41) is 4.80. The van der Waals surface area contributed by atoms with Gasteiger partial charge >= 0.3 is 0 Å². The Hall–Kier alpha value is -2.66. The molecule has 0 aliphatic carbocycles. The van der Waals surface area contributed by atoms with E-state index >= 15 is 0 Å². The molecule has 0 fully saturated rings. The molecule has 0 aliphatic heterocycles. The predicted molar refractivity (Wildman–Crippen MR) is 96.8 cm³/mol. The fraction of sp³-hybridized carbons (Fsp3) is 0.158. The minimum Gasteiger partial charge on any atom is -0.489 e. The van der Waals surface area contributed by atoms with E-state index in [2.05, 4.69) is 16.4 Å². The Morgan fingerprint density at radius 1 is 1.17 bits per heavy atom. The molecule has 0 saturated heterocycles. The van der Waals surface area contributed by atoms with Gasteiger partial charge in [0.15, 0.2) is 0 Å². The molecule has 2 aromatic heterocycles. The number of benzene rings is 1. The molecular weight excluding hydrogens is 320 g/mol. The number of rotatable bonds is 5. The number of anilines is 1. The maximum absolute atomic E-state index is 12.2. The number of aryl methyl sites for hydroxylation is 2. The van der Waals surface area contributed by atoms with Crippen molar-refractivity contribution in [2.45, 2.75) is 20.5 Å². The molecule has 0 saturated carbocycles. The number of hydrogen-bond acceptors (Lipinski definition) is 4. The Kier molecular flexibility index (Phi) is 4.91. The van der Waals surface area contributed by atoms with Gasteiger partial charge in [-0.2, -0.15) is 0 Å². The first-order chi connectivity index (χ1) is 11.6. The number of aromatic nitrogens is 1. The van der Waals surface area contributed by atoms with Crippen molar-refractivity contribution in [3.05, 3.63) is 75.7 Å². The van der Waals surface area contributed by atoms with E-state index in [9.17, 15) is 4.79 Å². The van der Waals surface area contributed by atoms with Crippen molar-refractivity contribution in [2.75, 3.05) is 5.32 Å². The van der Waals surface area contributed by atoms with Gasteiger partial charge in [0.25, 0.3) is 5.91 Å². The van der Waals surface area contributed by atoms with Gasteiger partial charge in [-0.1, -0.05) is 12.1 Å². The summed E-state index contributed by atoms with van der Waals surface area (Å²) in [5.74, 6) is 0.758. The molecule has 0 unspecified atom stereocenters. The van der Waals surface area contributed by atoms with E-state index in [1.807, 2.05) is 37.4 Å². The molecule has 2 heterocycles. The van der Waals surface area contributed by atoms with E-state index in [0.29, 0.717) is 11.5 Å². The lowest BCUT2D eigenvalue weighted by atomic mass is 10.1. The zero-order valence-corrected chi connectivity index (χ0v) is 14.4. The second kappa shape index (κ2) is 7.27. The fourth-order valence-electron chi connectivity index (χ4n) is 2.22. The van der Waals surface area contributed by atoms with Gasteiger partial charge in [-0.15, -0.1) is 11.3 Å². The maximum Gasteiger partial charge on any atom is 0.265 e. The lowest BCUT2D eigenvalue weighted by molar-refractivity contribution is 0.103. The van der Waals surface area contributed by atoms with Crippen molar-refractivity contribution >= 4 is 22.9 Å². The molecule has 4 nitrogen and oxygen atoms in total. The standard InChI is InChI=1S/C19H18N2O2S/c1-13-3-4-14(2)17(9-13)23-11-15-10-18(24-12-15)19(22)21-16-5-7-20-8-6-16/h3-10,12H,11H2,1-2H3,(H,20,21,22). The first kappa shape index (κ1) is 16.2. The highest BCUT2D eigenvalue weighted by molar-refractivity contribution is 7.12. The third kappa shape index (κ3) is 4.00. The lowest BCUT2D eigenvalue weighted by Crippen LogP contribution is -2.10. The molecule has 1 N–H and O–H groups in total. The van der Waals surface area contributed by atoms with Crippen LogP contribution in [-0.2, 0) is 6.61 Å². The number of carbonyl (C=O) groups excluding carboxylic acids is 1. The van der Waals surface area contributed by atoms with E-state index in [4.69, 9.17) is 4.74 Å². The van der Waals surface area contributed by atoms with Crippen molar-refractivity contribution in [1.82, 2.24) is 4.98 Å². The summed E-state index contributed by atoms with van der Waals surface area (Å²) in [7, 11) is 0. The Balaban J connectivity index is 1.63. The summed E-state index contributed by atoms with van der Waals surface area (Å²) in [4.78, 5) is 16.8. The van der Waals surface area contributed by atoms with E-state index in [-0.39, 0.29) is 5.91 Å². The van der Waals surface area contributed by atoms with Gasteiger partial charge in [0, 0.05) is 23.6 Å². The van der Waals surface area contributed by atoms with Crippen molar-refractivity contribution in [3.63, 3.8) is 0 Å². The molecule has 3 rings (SSSR count). The molecule has 0 atom stereocenters. The summed E-state index contributed by atoms with van der Waals surface area (Å²) >= 11 is 1.41. The van der Waals surface area contributed by atoms with Crippen LogP contribution in [0.1, 0.15) is 26.4 Å². The van der Waals surface area contributed by atoms with E-state index in [1.54, 1.807) is 24.5 Å². The molecule has 5 heteroatoms. The topological polar surface area (TPSA) is 51.2 Å². The number of pyridine rings is 1. The maximum atomic E-state index is 12.2. The van der Waals surface area contributed by atoms with Gasteiger partial charge in [-0.25, -0.2) is 0 Å². The molecule has 1 amide bonds. The number of nitrogens with one attached hydrogen (secondary N) is 1. The van der Waals surface area contributed by atoms with Gasteiger partial charge in [-0.05, 0) is 54.6 Å². The SMILES string of the molecule is Cc1ccc(C)c(OCc2csc(C(=O)Nc3ccncc3)c2)c1. The van der Waals surface area contributed by atoms with Crippen LogP contribution in [-0.4, -0.2) is 10.9 Å². The monoisotopic (exact) mass is 338 g/mol. The highest BCUT2D eigenvalue weighted by atomic mass is 32.1. The zero-order chi connectivity index (χ0) is 16.9. The summed E-state index contributed by atoms with van der Waals surface area (Å²) in [6.07, 6.45) is 3.29. The third-order valence-electron chi connectivity index (χ3n) is 3.55. The van der Waals surface area contributed by atoms with Crippen LogP contribution in [0.25, 0.3) is 0 Å². The highest BCUT2D eigenvalue weighted by Gasteiger charge is 2.10. The molecule has 0 radical (unpaired) electrons. The van der Waals surface area contributed by atoms with Gasteiger partial charge < -0.3 is 10.1 Å².